The first-order valence-corrected chi connectivity index (χ1v) is 9.52. The molecule has 1 amide bonds. The van der Waals surface area contributed by atoms with Crippen molar-refractivity contribution in [3.8, 4) is 0 Å². The van der Waals surface area contributed by atoms with Gasteiger partial charge in [-0.25, -0.2) is 4.99 Å². The molecule has 0 bridgehead atoms. The van der Waals surface area contributed by atoms with Crippen molar-refractivity contribution in [3.63, 3.8) is 0 Å². The first kappa shape index (κ1) is 20.6. The van der Waals surface area contributed by atoms with Crippen molar-refractivity contribution in [2.75, 3.05) is 18.9 Å². The van der Waals surface area contributed by atoms with Crippen molar-refractivity contribution in [2.24, 2.45) is 12.0 Å². The summed E-state index contributed by atoms with van der Waals surface area (Å²) in [5.74, 6) is 0.910. The Morgan fingerprint density at radius 1 is 1.22 bits per heavy atom. The molecule has 0 aliphatic rings. The molecule has 146 valence electrons. The number of nitrogens with zero attached hydrogens (tertiary/aromatic N) is 3. The van der Waals surface area contributed by atoms with E-state index in [1.54, 1.807) is 0 Å². The summed E-state index contributed by atoms with van der Waals surface area (Å²) in [7, 11) is 4.08. The Morgan fingerprint density at radius 3 is 2.70 bits per heavy atom. The number of aromatic nitrogens is 1. The lowest BCUT2D eigenvalue weighted by atomic mass is 10.2. The molecule has 0 spiro atoms. The highest BCUT2D eigenvalue weighted by Crippen LogP contribution is 2.13. The molecular formula is C21H31N5O. The van der Waals surface area contributed by atoms with E-state index in [9.17, 15) is 4.79 Å². The normalized spacial score (nSPS) is 11.3. The van der Waals surface area contributed by atoms with E-state index in [1.165, 1.54) is 5.69 Å². The van der Waals surface area contributed by atoms with E-state index in [0.717, 1.165) is 36.7 Å². The Bertz CT molecular complexity index is 765. The van der Waals surface area contributed by atoms with Gasteiger partial charge in [0.15, 0.2) is 5.96 Å². The summed E-state index contributed by atoms with van der Waals surface area (Å²) in [5, 5.41) is 6.28. The van der Waals surface area contributed by atoms with Gasteiger partial charge in [0.2, 0.25) is 5.91 Å². The second-order valence-electron chi connectivity index (χ2n) is 6.64. The molecule has 0 unspecified atom stereocenters. The van der Waals surface area contributed by atoms with Crippen LogP contribution in [0, 0.1) is 0 Å². The van der Waals surface area contributed by atoms with Crippen LogP contribution in [0.5, 0.6) is 0 Å². The molecule has 2 aromatic rings. The zero-order chi connectivity index (χ0) is 19.6. The Hall–Kier alpha value is -2.76. The summed E-state index contributed by atoms with van der Waals surface area (Å²) in [6.07, 6.45) is 3.43. The predicted octanol–water partition coefficient (Wildman–Crippen LogP) is 3.36. The van der Waals surface area contributed by atoms with Gasteiger partial charge in [-0.2, -0.15) is 0 Å². The van der Waals surface area contributed by atoms with Crippen LogP contribution in [0.3, 0.4) is 0 Å². The molecule has 2 N–H and O–H groups in total. The van der Waals surface area contributed by atoms with E-state index in [4.69, 9.17) is 4.99 Å². The average molecular weight is 370 g/mol. The number of carbonyl (C=O) groups is 1. The zero-order valence-electron chi connectivity index (χ0n) is 16.8. The second kappa shape index (κ2) is 10.4. The molecule has 27 heavy (non-hydrogen) atoms. The highest BCUT2D eigenvalue weighted by Gasteiger charge is 2.08. The molecule has 1 aromatic carbocycles. The van der Waals surface area contributed by atoms with Gasteiger partial charge < -0.3 is 20.1 Å². The van der Waals surface area contributed by atoms with Gasteiger partial charge in [-0.1, -0.05) is 19.1 Å². The van der Waals surface area contributed by atoms with Crippen molar-refractivity contribution in [3.05, 3.63) is 53.9 Å². The first-order chi connectivity index (χ1) is 13.0. The molecule has 6 nitrogen and oxygen atoms in total. The van der Waals surface area contributed by atoms with E-state index < -0.39 is 0 Å². The summed E-state index contributed by atoms with van der Waals surface area (Å²) in [6, 6.07) is 12.0. The van der Waals surface area contributed by atoms with Gasteiger partial charge in [0.25, 0.3) is 0 Å². The van der Waals surface area contributed by atoms with Crippen molar-refractivity contribution in [2.45, 2.75) is 39.8 Å². The summed E-state index contributed by atoms with van der Waals surface area (Å²) in [5.41, 5.74) is 3.11. The number of aliphatic imine (C=N–C) groups is 1. The van der Waals surface area contributed by atoms with Crippen molar-refractivity contribution in [1.29, 1.82) is 0 Å². The molecule has 0 fully saturated rings. The molecule has 0 aliphatic heterocycles. The monoisotopic (exact) mass is 369 g/mol. The van der Waals surface area contributed by atoms with E-state index >= 15 is 0 Å². The average Bonchev–Trinajstić information content (AvgIpc) is 3.03. The van der Waals surface area contributed by atoms with Gasteiger partial charge in [-0.15, -0.1) is 0 Å². The lowest BCUT2D eigenvalue weighted by Gasteiger charge is -2.22. The highest BCUT2D eigenvalue weighted by molar-refractivity contribution is 5.90. The molecule has 0 saturated carbocycles. The number of anilines is 1. The number of amides is 1. The third-order valence-corrected chi connectivity index (χ3v) is 4.25. The van der Waals surface area contributed by atoms with E-state index in [-0.39, 0.29) is 5.91 Å². The summed E-state index contributed by atoms with van der Waals surface area (Å²) >= 11 is 0. The van der Waals surface area contributed by atoms with Crippen molar-refractivity contribution >= 4 is 17.6 Å². The minimum absolute atomic E-state index is 0.0498. The number of nitrogens with one attached hydrogen (secondary N) is 2. The van der Waals surface area contributed by atoms with Gasteiger partial charge in [0.05, 0.1) is 13.1 Å². The lowest BCUT2D eigenvalue weighted by Crippen LogP contribution is -2.38. The van der Waals surface area contributed by atoms with Crippen LogP contribution in [0.4, 0.5) is 5.69 Å². The fourth-order valence-corrected chi connectivity index (χ4v) is 2.81. The Kier molecular flexibility index (Phi) is 7.92. The van der Waals surface area contributed by atoms with E-state index in [0.29, 0.717) is 13.0 Å². The van der Waals surface area contributed by atoms with Gasteiger partial charge in [0, 0.05) is 44.6 Å². The van der Waals surface area contributed by atoms with Crippen molar-refractivity contribution in [1.82, 2.24) is 14.8 Å². The molecule has 0 atom stereocenters. The molecule has 2 rings (SSSR count). The minimum Gasteiger partial charge on any atom is -0.357 e. The standard InChI is InChI=1S/C21H31N5O/c1-5-9-20(27)24-18-11-7-10-17(14-18)15-23-21(22-6-2)26(4)16-19-12-8-13-25(19)3/h7-8,10-14H,5-6,9,15-16H2,1-4H3,(H,22,23)(H,24,27). The largest absolute Gasteiger partial charge is 0.357 e. The van der Waals surface area contributed by atoms with E-state index in [2.05, 4.69) is 33.1 Å². The summed E-state index contributed by atoms with van der Waals surface area (Å²) in [6.45, 7) is 6.21. The van der Waals surface area contributed by atoms with Crippen LogP contribution in [0.1, 0.15) is 37.9 Å². The van der Waals surface area contributed by atoms with Crippen LogP contribution in [0.25, 0.3) is 0 Å². The second-order valence-corrected chi connectivity index (χ2v) is 6.64. The van der Waals surface area contributed by atoms with Crippen LogP contribution in [0.15, 0.2) is 47.6 Å². The number of carbonyl (C=O) groups excluding carboxylic acids is 1. The van der Waals surface area contributed by atoms with Crippen LogP contribution in [-0.4, -0.2) is 34.9 Å². The van der Waals surface area contributed by atoms with Crippen LogP contribution >= 0.6 is 0 Å². The first-order valence-electron chi connectivity index (χ1n) is 9.52. The topological polar surface area (TPSA) is 61.7 Å². The number of hydrogen-bond acceptors (Lipinski definition) is 2. The minimum atomic E-state index is 0.0498. The molecule has 1 aromatic heterocycles. The summed E-state index contributed by atoms with van der Waals surface area (Å²) < 4.78 is 2.11. The van der Waals surface area contributed by atoms with Gasteiger partial charge in [-0.05, 0) is 43.2 Å². The van der Waals surface area contributed by atoms with E-state index in [1.807, 2.05) is 57.5 Å². The maximum atomic E-state index is 11.8. The number of aryl methyl sites for hydroxylation is 1. The van der Waals surface area contributed by atoms with Crippen molar-refractivity contribution < 1.29 is 4.79 Å². The highest BCUT2D eigenvalue weighted by atomic mass is 16.1. The van der Waals surface area contributed by atoms with Gasteiger partial charge in [0.1, 0.15) is 0 Å². The van der Waals surface area contributed by atoms with Crippen LogP contribution in [0.2, 0.25) is 0 Å². The molecule has 0 saturated heterocycles. The number of hydrogen-bond donors (Lipinski definition) is 2. The number of guanidine groups is 1. The summed E-state index contributed by atoms with van der Waals surface area (Å²) in [4.78, 5) is 18.7. The fourth-order valence-electron chi connectivity index (χ4n) is 2.81. The number of rotatable bonds is 8. The third kappa shape index (κ3) is 6.47. The molecule has 6 heteroatoms. The molecule has 0 radical (unpaired) electrons. The van der Waals surface area contributed by atoms with Gasteiger partial charge >= 0.3 is 0 Å². The molecular weight excluding hydrogens is 338 g/mol. The SMILES string of the molecule is CCCC(=O)Nc1cccc(CN=C(NCC)N(C)Cc2cccn2C)c1. The Balaban J connectivity index is 2.05. The maximum Gasteiger partial charge on any atom is 0.224 e. The number of benzene rings is 1. The third-order valence-electron chi connectivity index (χ3n) is 4.25. The maximum absolute atomic E-state index is 11.8. The Labute approximate surface area is 162 Å². The smallest absolute Gasteiger partial charge is 0.224 e. The zero-order valence-corrected chi connectivity index (χ0v) is 16.8. The molecule has 0 aliphatic carbocycles. The quantitative estimate of drug-likeness (QED) is 0.554. The van der Waals surface area contributed by atoms with Crippen LogP contribution < -0.4 is 10.6 Å². The molecule has 1 heterocycles. The Morgan fingerprint density at radius 2 is 2.04 bits per heavy atom. The predicted molar refractivity (Wildman–Crippen MR) is 112 cm³/mol. The fraction of sp³-hybridized carbons (Fsp3) is 0.429. The lowest BCUT2D eigenvalue weighted by molar-refractivity contribution is -0.116. The van der Waals surface area contributed by atoms with Gasteiger partial charge in [-0.3, -0.25) is 4.79 Å². The van der Waals surface area contributed by atoms with Crippen LogP contribution in [-0.2, 0) is 24.9 Å².